The van der Waals surface area contributed by atoms with Crippen LogP contribution in [-0.2, 0) is 4.74 Å². The maximum atomic E-state index is 11.3. The van der Waals surface area contributed by atoms with E-state index in [-0.39, 0.29) is 10.9 Å². The summed E-state index contributed by atoms with van der Waals surface area (Å²) in [5.74, 6) is 0. The summed E-state index contributed by atoms with van der Waals surface area (Å²) in [4.78, 5) is 11.3. The van der Waals surface area contributed by atoms with E-state index in [1.165, 1.54) is 0 Å². The molecule has 3 heteroatoms. The molecule has 0 aromatic rings. The van der Waals surface area contributed by atoms with Crippen LogP contribution in [0.25, 0.3) is 0 Å². The molecule has 0 rings (SSSR count). The number of ether oxygens (including phenoxy) is 1. The number of hydrogen-bond donors (Lipinski definition) is 0. The van der Waals surface area contributed by atoms with Gasteiger partial charge in [0.1, 0.15) is 5.60 Å². The van der Waals surface area contributed by atoms with Gasteiger partial charge in [-0.3, -0.25) is 0 Å². The van der Waals surface area contributed by atoms with E-state index >= 15 is 0 Å². The summed E-state index contributed by atoms with van der Waals surface area (Å²) in [7, 11) is -1.20. The first-order chi connectivity index (χ1) is 4.63. The van der Waals surface area contributed by atoms with Crippen LogP contribution in [0.4, 0.5) is 4.79 Å². The highest BCUT2D eigenvalue weighted by molar-refractivity contribution is 8.43. The van der Waals surface area contributed by atoms with Gasteiger partial charge in [0.2, 0.25) is 0 Å². The zero-order chi connectivity index (χ0) is 9.28. The molecule has 0 heterocycles. The van der Waals surface area contributed by atoms with Crippen LogP contribution >= 0.6 is 10.0 Å². The second-order valence-corrected chi connectivity index (χ2v) is 8.31. The molecule has 0 saturated heterocycles. The van der Waals surface area contributed by atoms with Crippen LogP contribution in [0.2, 0.25) is 0 Å². The minimum absolute atomic E-state index is 0.0648. The van der Waals surface area contributed by atoms with Crippen LogP contribution in [0.3, 0.4) is 0 Å². The van der Waals surface area contributed by atoms with Gasteiger partial charge < -0.3 is 4.74 Å². The van der Waals surface area contributed by atoms with Gasteiger partial charge in [0.05, 0.1) is 0 Å². The topological polar surface area (TPSA) is 26.3 Å². The van der Waals surface area contributed by atoms with E-state index < -0.39 is 10.0 Å². The van der Waals surface area contributed by atoms with E-state index in [9.17, 15) is 4.79 Å². The van der Waals surface area contributed by atoms with Crippen LogP contribution in [0.15, 0.2) is 0 Å². The quantitative estimate of drug-likeness (QED) is 0.533. The van der Waals surface area contributed by atoms with Crippen molar-refractivity contribution in [3.05, 3.63) is 0 Å². The van der Waals surface area contributed by atoms with Crippen molar-refractivity contribution in [2.75, 3.05) is 18.8 Å². The predicted molar refractivity (Wildman–Crippen MR) is 51.6 cm³/mol. The molecule has 0 aliphatic rings. The van der Waals surface area contributed by atoms with Crippen LogP contribution in [0.5, 0.6) is 0 Å². The van der Waals surface area contributed by atoms with Gasteiger partial charge in [0.25, 0.3) is 0 Å². The number of carbonyl (C=O) groups is 1. The molecular weight excluding hydrogens is 160 g/mol. The number of carbonyl (C=O) groups excluding carboxylic acids is 1. The second kappa shape index (κ2) is 3.05. The molecule has 0 amide bonds. The van der Waals surface area contributed by atoms with Gasteiger partial charge in [0.15, 0.2) is 0 Å². The SMILES string of the molecule is CC(C)(C)OC(=O)S(C)(C)C. The minimum Gasteiger partial charge on any atom is -0.453 e. The highest BCUT2D eigenvalue weighted by Crippen LogP contribution is 2.38. The predicted octanol–water partition coefficient (Wildman–Crippen LogP) is 2.62. The van der Waals surface area contributed by atoms with Crippen molar-refractivity contribution in [1.82, 2.24) is 0 Å². The first kappa shape index (κ1) is 10.8. The van der Waals surface area contributed by atoms with E-state index in [1.807, 2.05) is 39.5 Å². The van der Waals surface area contributed by atoms with Crippen LogP contribution < -0.4 is 0 Å². The van der Waals surface area contributed by atoms with E-state index in [4.69, 9.17) is 4.74 Å². The van der Waals surface area contributed by atoms with Crippen molar-refractivity contribution in [3.63, 3.8) is 0 Å². The Morgan fingerprint density at radius 1 is 1.18 bits per heavy atom. The summed E-state index contributed by atoms with van der Waals surface area (Å²) in [6, 6.07) is 0. The van der Waals surface area contributed by atoms with Crippen molar-refractivity contribution in [2.24, 2.45) is 0 Å². The monoisotopic (exact) mass is 178 g/mol. The van der Waals surface area contributed by atoms with Crippen LogP contribution in [0.1, 0.15) is 20.8 Å². The summed E-state index contributed by atoms with van der Waals surface area (Å²) in [6.07, 6.45) is 5.79. The van der Waals surface area contributed by atoms with Crippen LogP contribution in [-0.4, -0.2) is 29.7 Å². The molecule has 0 bridgehead atoms. The van der Waals surface area contributed by atoms with Gasteiger partial charge in [-0.15, -0.1) is 0 Å². The Balaban J connectivity index is 4.11. The molecule has 0 fully saturated rings. The lowest BCUT2D eigenvalue weighted by molar-refractivity contribution is 0.0731. The molecule has 0 atom stereocenters. The van der Waals surface area contributed by atoms with Gasteiger partial charge in [-0.05, 0) is 39.5 Å². The Labute approximate surface area is 70.6 Å². The smallest absolute Gasteiger partial charge is 0.349 e. The molecule has 0 unspecified atom stereocenters. The molecule has 0 aliphatic carbocycles. The highest BCUT2D eigenvalue weighted by Gasteiger charge is 2.23. The first-order valence-electron chi connectivity index (χ1n) is 3.54. The molecule has 11 heavy (non-hydrogen) atoms. The average Bonchev–Trinajstić information content (AvgIpc) is 1.56. The molecule has 0 N–H and O–H groups in total. The standard InChI is InChI=1S/C8H18O2S/c1-8(2,3)10-7(9)11(4,5)6/h1-6H3. The van der Waals surface area contributed by atoms with Crippen molar-refractivity contribution in [3.8, 4) is 0 Å². The Hall–Kier alpha value is -0.180. The zero-order valence-electron chi connectivity index (χ0n) is 8.22. The molecule has 0 radical (unpaired) electrons. The molecular formula is C8H18O2S. The third kappa shape index (κ3) is 5.13. The van der Waals surface area contributed by atoms with Crippen molar-refractivity contribution in [1.29, 1.82) is 0 Å². The number of rotatable bonds is 0. The highest BCUT2D eigenvalue weighted by atomic mass is 32.3. The van der Waals surface area contributed by atoms with Gasteiger partial charge in [0, 0.05) is 0 Å². The normalized spacial score (nSPS) is 14.4. The Morgan fingerprint density at radius 3 is 1.64 bits per heavy atom. The molecule has 0 aromatic heterocycles. The fourth-order valence-electron chi connectivity index (χ4n) is 0.375. The summed E-state index contributed by atoms with van der Waals surface area (Å²) < 4.78 is 5.20. The van der Waals surface area contributed by atoms with Crippen LogP contribution in [0, 0.1) is 0 Å². The Kier molecular flexibility index (Phi) is 3.00. The van der Waals surface area contributed by atoms with E-state index in [2.05, 4.69) is 0 Å². The summed E-state index contributed by atoms with van der Waals surface area (Å²) >= 11 is 0. The fraction of sp³-hybridized carbons (Fsp3) is 0.875. The number of hydrogen-bond acceptors (Lipinski definition) is 2. The van der Waals surface area contributed by atoms with Crippen molar-refractivity contribution >= 4 is 15.3 Å². The van der Waals surface area contributed by atoms with E-state index in [1.54, 1.807) is 0 Å². The van der Waals surface area contributed by atoms with Gasteiger partial charge in [-0.2, -0.15) is 10.0 Å². The molecule has 0 saturated carbocycles. The third-order valence-corrected chi connectivity index (χ3v) is 1.97. The summed E-state index contributed by atoms with van der Waals surface area (Å²) in [5, 5.41) is -0.0648. The molecule has 68 valence electrons. The molecule has 0 aliphatic heterocycles. The minimum atomic E-state index is -1.20. The second-order valence-electron chi connectivity index (χ2n) is 4.30. The summed E-state index contributed by atoms with van der Waals surface area (Å²) in [5.41, 5.74) is -0.350. The Morgan fingerprint density at radius 2 is 1.55 bits per heavy atom. The maximum absolute atomic E-state index is 11.3. The lowest BCUT2D eigenvalue weighted by Crippen LogP contribution is -2.25. The van der Waals surface area contributed by atoms with E-state index in [0.717, 1.165) is 0 Å². The lowest BCUT2D eigenvalue weighted by atomic mass is 10.2. The third-order valence-electron chi connectivity index (χ3n) is 0.890. The zero-order valence-corrected chi connectivity index (χ0v) is 9.04. The van der Waals surface area contributed by atoms with E-state index in [0.29, 0.717) is 0 Å². The molecule has 0 aromatic carbocycles. The van der Waals surface area contributed by atoms with Crippen molar-refractivity contribution < 1.29 is 9.53 Å². The van der Waals surface area contributed by atoms with Gasteiger partial charge in [-0.25, -0.2) is 4.79 Å². The largest absolute Gasteiger partial charge is 0.453 e. The van der Waals surface area contributed by atoms with Gasteiger partial charge in [-0.1, -0.05) is 0 Å². The van der Waals surface area contributed by atoms with Gasteiger partial charge >= 0.3 is 5.30 Å². The molecule has 2 nitrogen and oxygen atoms in total. The first-order valence-corrected chi connectivity index (χ1v) is 6.40. The summed E-state index contributed by atoms with van der Waals surface area (Å²) in [6.45, 7) is 5.66. The lowest BCUT2D eigenvalue weighted by Gasteiger charge is -2.28. The fourth-order valence-corrected chi connectivity index (χ4v) is 0.875. The Bertz CT molecular complexity index is 150. The molecule has 0 spiro atoms. The average molecular weight is 178 g/mol. The van der Waals surface area contributed by atoms with Crippen molar-refractivity contribution in [2.45, 2.75) is 26.4 Å². The maximum Gasteiger partial charge on any atom is 0.349 e.